The number of methoxy groups -OCH3 is 1. The molecule has 3 N–H and O–H groups in total. The van der Waals surface area contributed by atoms with E-state index >= 15 is 0 Å². The minimum Gasteiger partial charge on any atom is -0.496 e. The molecule has 0 radical (unpaired) electrons. The fourth-order valence-corrected chi connectivity index (χ4v) is 4.60. The number of nitrogens with one attached hydrogen (secondary N) is 1. The van der Waals surface area contributed by atoms with E-state index in [1.54, 1.807) is 24.3 Å². The summed E-state index contributed by atoms with van der Waals surface area (Å²) in [5.41, 5.74) is 9.08. The summed E-state index contributed by atoms with van der Waals surface area (Å²) in [6.07, 6.45) is 5.70. The predicted octanol–water partition coefficient (Wildman–Crippen LogP) is 3.11. The van der Waals surface area contributed by atoms with Gasteiger partial charge in [0.1, 0.15) is 5.75 Å². The van der Waals surface area contributed by atoms with Gasteiger partial charge in [0.2, 0.25) is 11.8 Å². The molecule has 2 aromatic carbocycles. The fraction of sp³-hybridized carbons (Fsp3) is 0.333. The fourth-order valence-electron chi connectivity index (χ4n) is 4.60. The Bertz CT molecular complexity index is 1200. The van der Waals surface area contributed by atoms with Crippen LogP contribution in [0.2, 0.25) is 0 Å². The zero-order valence-electron chi connectivity index (χ0n) is 20.2. The SMILES string of the molecule is COc1ccc(C2=NN(C(C)C)C(=O)[C@H]3CC=CC[C@@H]23)cc1-c1ccc(C(=O)NCC(N)=O)cc1. The summed E-state index contributed by atoms with van der Waals surface area (Å²) in [7, 11) is 1.61. The second-order valence-corrected chi connectivity index (χ2v) is 9.06. The number of carbonyl (C=O) groups is 3. The van der Waals surface area contributed by atoms with Gasteiger partial charge in [-0.15, -0.1) is 0 Å². The number of hydrogen-bond donors (Lipinski definition) is 2. The molecule has 0 unspecified atom stereocenters. The summed E-state index contributed by atoms with van der Waals surface area (Å²) < 4.78 is 5.62. The van der Waals surface area contributed by atoms with Crippen molar-refractivity contribution in [1.82, 2.24) is 10.3 Å². The molecule has 8 heteroatoms. The molecule has 4 rings (SSSR count). The zero-order chi connectivity index (χ0) is 25.1. The largest absolute Gasteiger partial charge is 0.496 e. The number of ether oxygens (including phenoxy) is 1. The van der Waals surface area contributed by atoms with E-state index in [-0.39, 0.29) is 36.2 Å². The lowest BCUT2D eigenvalue weighted by Gasteiger charge is -2.38. The summed E-state index contributed by atoms with van der Waals surface area (Å²) in [4.78, 5) is 36.2. The van der Waals surface area contributed by atoms with Crippen molar-refractivity contribution in [3.63, 3.8) is 0 Å². The highest BCUT2D eigenvalue weighted by Crippen LogP contribution is 2.38. The number of rotatable bonds is 7. The smallest absolute Gasteiger partial charge is 0.251 e. The van der Waals surface area contributed by atoms with E-state index < -0.39 is 5.91 Å². The minimum absolute atomic E-state index is 0.0278. The van der Waals surface area contributed by atoms with Crippen LogP contribution in [0.3, 0.4) is 0 Å². The van der Waals surface area contributed by atoms with Crippen molar-refractivity contribution in [2.24, 2.45) is 22.7 Å². The van der Waals surface area contributed by atoms with Gasteiger partial charge < -0.3 is 15.8 Å². The van der Waals surface area contributed by atoms with Gasteiger partial charge in [0.15, 0.2) is 0 Å². The maximum Gasteiger partial charge on any atom is 0.251 e. The molecule has 0 saturated carbocycles. The molecule has 2 aromatic rings. The number of nitrogens with zero attached hydrogens (tertiary/aromatic N) is 2. The van der Waals surface area contributed by atoms with E-state index in [1.807, 2.05) is 44.2 Å². The first-order valence-corrected chi connectivity index (χ1v) is 11.7. The Morgan fingerprint density at radius 2 is 1.74 bits per heavy atom. The number of hydrazone groups is 1. The first-order valence-electron chi connectivity index (χ1n) is 11.7. The summed E-state index contributed by atoms with van der Waals surface area (Å²) in [5, 5.41) is 8.91. The van der Waals surface area contributed by atoms with Gasteiger partial charge in [-0.3, -0.25) is 14.4 Å². The van der Waals surface area contributed by atoms with Crippen LogP contribution in [-0.4, -0.2) is 48.1 Å². The van der Waals surface area contributed by atoms with Gasteiger partial charge in [0, 0.05) is 23.1 Å². The first-order chi connectivity index (χ1) is 16.8. The first kappa shape index (κ1) is 24.2. The van der Waals surface area contributed by atoms with Crippen LogP contribution < -0.4 is 15.8 Å². The van der Waals surface area contributed by atoms with Crippen LogP contribution in [-0.2, 0) is 9.59 Å². The lowest BCUT2D eigenvalue weighted by Crippen LogP contribution is -2.47. The number of benzene rings is 2. The third kappa shape index (κ3) is 4.96. The Morgan fingerprint density at radius 3 is 2.37 bits per heavy atom. The molecule has 1 aliphatic heterocycles. The highest BCUT2D eigenvalue weighted by Gasteiger charge is 2.40. The summed E-state index contributed by atoms with van der Waals surface area (Å²) in [5.74, 6) is -0.290. The lowest BCUT2D eigenvalue weighted by molar-refractivity contribution is -0.139. The minimum atomic E-state index is -0.601. The number of carbonyl (C=O) groups excluding carboxylic acids is 3. The van der Waals surface area contributed by atoms with Gasteiger partial charge in [-0.25, -0.2) is 5.01 Å². The van der Waals surface area contributed by atoms with E-state index in [0.717, 1.165) is 28.8 Å². The van der Waals surface area contributed by atoms with Crippen LogP contribution in [0.5, 0.6) is 5.75 Å². The Balaban J connectivity index is 1.70. The summed E-state index contributed by atoms with van der Waals surface area (Å²) in [6.45, 7) is 3.73. The standard InChI is InChI=1S/C27H30N4O4/c1-16(2)31-27(34)21-7-5-4-6-20(21)25(30-31)19-12-13-23(35-3)22(14-19)17-8-10-18(11-9-17)26(33)29-15-24(28)32/h4-5,8-14,16,20-21H,6-7,15H2,1-3H3,(H2,28,32)(H,29,33)/t20-,21+/m1/s1. The third-order valence-electron chi connectivity index (χ3n) is 6.41. The third-order valence-corrected chi connectivity index (χ3v) is 6.41. The second kappa shape index (κ2) is 10.1. The van der Waals surface area contributed by atoms with Crippen LogP contribution in [0.4, 0.5) is 0 Å². The number of allylic oxidation sites excluding steroid dienone is 2. The maximum absolute atomic E-state index is 13.0. The van der Waals surface area contributed by atoms with Gasteiger partial charge in [-0.05, 0) is 68.1 Å². The monoisotopic (exact) mass is 474 g/mol. The highest BCUT2D eigenvalue weighted by atomic mass is 16.5. The summed E-state index contributed by atoms with van der Waals surface area (Å²) >= 11 is 0. The van der Waals surface area contributed by atoms with Gasteiger partial charge in [-0.2, -0.15) is 5.10 Å². The van der Waals surface area contributed by atoms with Gasteiger partial charge in [0.05, 0.1) is 25.3 Å². The molecule has 0 bridgehead atoms. The van der Waals surface area contributed by atoms with Crippen LogP contribution in [0.15, 0.2) is 59.7 Å². The molecule has 3 amide bonds. The molecule has 2 aliphatic rings. The molecule has 1 aliphatic carbocycles. The molecule has 182 valence electrons. The van der Waals surface area contributed by atoms with Crippen molar-refractivity contribution < 1.29 is 19.1 Å². The Morgan fingerprint density at radius 1 is 1.09 bits per heavy atom. The van der Waals surface area contributed by atoms with Crippen LogP contribution >= 0.6 is 0 Å². The molecule has 0 aromatic heterocycles. The number of amides is 3. The van der Waals surface area contributed by atoms with Crippen molar-refractivity contribution in [2.45, 2.75) is 32.7 Å². The van der Waals surface area contributed by atoms with Gasteiger partial charge in [-0.1, -0.05) is 24.3 Å². The van der Waals surface area contributed by atoms with Crippen LogP contribution in [0.1, 0.15) is 42.6 Å². The van der Waals surface area contributed by atoms with E-state index in [1.165, 1.54) is 0 Å². The van der Waals surface area contributed by atoms with Crippen LogP contribution in [0, 0.1) is 11.8 Å². The zero-order valence-corrected chi connectivity index (χ0v) is 20.2. The number of primary amides is 1. The number of fused-ring (bicyclic) bond motifs is 1. The Labute approximate surface area is 204 Å². The highest BCUT2D eigenvalue weighted by molar-refractivity contribution is 6.08. The molecule has 0 fully saturated rings. The lowest BCUT2D eigenvalue weighted by atomic mass is 9.76. The number of nitrogens with two attached hydrogens (primary N) is 1. The molecule has 0 saturated heterocycles. The van der Waals surface area contributed by atoms with Gasteiger partial charge in [0.25, 0.3) is 5.91 Å². The predicted molar refractivity (Wildman–Crippen MR) is 134 cm³/mol. The molecule has 0 spiro atoms. The van der Waals surface area contributed by atoms with Crippen molar-refractivity contribution in [2.75, 3.05) is 13.7 Å². The van der Waals surface area contributed by atoms with Crippen molar-refractivity contribution in [3.05, 3.63) is 65.7 Å². The summed E-state index contributed by atoms with van der Waals surface area (Å²) in [6, 6.07) is 12.9. The molecule has 35 heavy (non-hydrogen) atoms. The molecular formula is C27H30N4O4. The molecule has 1 heterocycles. The quantitative estimate of drug-likeness (QED) is 0.600. The topological polar surface area (TPSA) is 114 Å². The Kier molecular flexibility index (Phi) is 7.00. The molecule has 8 nitrogen and oxygen atoms in total. The molecule has 2 atom stereocenters. The van der Waals surface area contributed by atoms with E-state index in [9.17, 15) is 14.4 Å². The van der Waals surface area contributed by atoms with Crippen molar-refractivity contribution in [3.8, 4) is 16.9 Å². The Hall–Kier alpha value is -3.94. The second-order valence-electron chi connectivity index (χ2n) is 9.06. The normalized spacial score (nSPS) is 19.3. The average molecular weight is 475 g/mol. The molecular weight excluding hydrogens is 444 g/mol. The van der Waals surface area contributed by atoms with E-state index in [0.29, 0.717) is 17.7 Å². The van der Waals surface area contributed by atoms with E-state index in [2.05, 4.69) is 17.5 Å². The number of hydrogen-bond acceptors (Lipinski definition) is 5. The van der Waals surface area contributed by atoms with E-state index in [4.69, 9.17) is 15.6 Å². The van der Waals surface area contributed by atoms with Gasteiger partial charge >= 0.3 is 0 Å². The van der Waals surface area contributed by atoms with Crippen LogP contribution in [0.25, 0.3) is 11.1 Å². The van der Waals surface area contributed by atoms with Crippen molar-refractivity contribution in [1.29, 1.82) is 0 Å². The maximum atomic E-state index is 13.0. The van der Waals surface area contributed by atoms with Crippen molar-refractivity contribution >= 4 is 23.4 Å². The average Bonchev–Trinajstić information content (AvgIpc) is 2.87.